The Kier molecular flexibility index (Phi) is 93.6. The fraction of sp³-hybridized carbons (Fsp3) is 0.900. The third-order valence-corrected chi connectivity index (χ3v) is 11.9. The van der Waals surface area contributed by atoms with Gasteiger partial charge < -0.3 is 59.4 Å². The van der Waals surface area contributed by atoms with E-state index in [2.05, 4.69) is 41.5 Å². The fourth-order valence-electron chi connectivity index (χ4n) is 7.36. The maximum atomic E-state index is 10.0. The summed E-state index contributed by atoms with van der Waals surface area (Å²) in [6, 6.07) is 0. The van der Waals surface area contributed by atoms with E-state index in [1.807, 2.05) is 0 Å². The van der Waals surface area contributed by atoms with Gasteiger partial charge in [-0.05, 0) is 77.0 Å². The van der Waals surface area contributed by atoms with Crippen LogP contribution in [-0.4, -0.2) is 35.8 Å². The monoisotopic (exact) mass is 1120 g/mol. The number of carboxylic acid groups (broad SMARTS) is 6. The number of carbonyl (C=O) groups excluding carboxylic acids is 6. The van der Waals surface area contributed by atoms with Gasteiger partial charge in [0.1, 0.15) is 0 Å². The summed E-state index contributed by atoms with van der Waals surface area (Å²) < 4.78 is 0. The molecule has 0 saturated heterocycles. The topological polar surface area (TPSA) is 241 Å². The Bertz CT molecular complexity index is 887. The average Bonchev–Trinajstić information content (AvgIpc) is 3.33. The second kappa shape index (κ2) is 80.9. The summed E-state index contributed by atoms with van der Waals surface area (Å²) in [6.45, 7) is 13.1. The van der Waals surface area contributed by atoms with Gasteiger partial charge in [-0.2, -0.15) is 0 Å². The Morgan fingerprint density at radius 1 is 0.178 bits per heavy atom. The van der Waals surface area contributed by atoms with Crippen LogP contribution in [0.15, 0.2) is 0 Å². The number of hydrogen-bond acceptors (Lipinski definition) is 12. The predicted molar refractivity (Wildman–Crippen MR) is 286 cm³/mol. The van der Waals surface area contributed by atoms with Crippen molar-refractivity contribution in [2.45, 2.75) is 350 Å². The summed E-state index contributed by atoms with van der Waals surface area (Å²) in [5.41, 5.74) is 0. The Morgan fingerprint density at radius 2 is 0.260 bits per heavy atom. The molecule has 0 aromatic heterocycles. The number of carbonyl (C=O) groups is 6. The molecule has 73 heavy (non-hydrogen) atoms. The summed E-state index contributed by atoms with van der Waals surface area (Å²) in [5.74, 6) is -5.48. The molecule has 0 amide bonds. The first kappa shape index (κ1) is 84.5. The predicted octanol–water partition coefficient (Wildman–Crippen LogP) is 11.3. The van der Waals surface area contributed by atoms with Gasteiger partial charge in [-0.25, -0.2) is 0 Å². The van der Waals surface area contributed by atoms with Crippen LogP contribution >= 0.6 is 0 Å². The van der Waals surface area contributed by atoms with Crippen LogP contribution in [0.5, 0.6) is 0 Å². The molecule has 12 nitrogen and oxygen atoms in total. The molecule has 0 radical (unpaired) electrons. The van der Waals surface area contributed by atoms with Crippen LogP contribution in [0.1, 0.15) is 350 Å². The van der Waals surface area contributed by atoms with E-state index in [1.54, 1.807) is 0 Å². The SMILES string of the molecule is CCCCCCCCCC(=O)[O-].CCCCCCCCCC(=O)[O-].CCCCCCCCCC(=O)[O-].CCCCCCCCCC(=O)[O-].CCCCCCCCCC(=O)[O-].CCCCCCCCCC(=O)[O-].[Mo]. The van der Waals surface area contributed by atoms with Gasteiger partial charge in [-0.15, -0.1) is 0 Å². The standard InChI is InChI=1S/6C10H20O2.Mo/c6*1-2-3-4-5-6-7-8-9-10(11)12;/h6*2-9H2,1H3,(H,11,12);/p-6. The van der Waals surface area contributed by atoms with Gasteiger partial charge in [0.25, 0.3) is 0 Å². The van der Waals surface area contributed by atoms with Gasteiger partial charge in [-0.3, -0.25) is 0 Å². The normalized spacial score (nSPS) is 9.95. The molecule has 0 fully saturated rings. The van der Waals surface area contributed by atoms with Gasteiger partial charge in [0.2, 0.25) is 0 Å². The van der Waals surface area contributed by atoms with Crippen LogP contribution in [0, 0.1) is 0 Å². The second-order valence-corrected chi connectivity index (χ2v) is 19.5. The molecule has 0 aromatic rings. The molecule has 0 rings (SSSR count). The van der Waals surface area contributed by atoms with Gasteiger partial charge >= 0.3 is 0 Å². The molecule has 0 aliphatic carbocycles. The van der Waals surface area contributed by atoms with Crippen LogP contribution in [0.3, 0.4) is 0 Å². The minimum atomic E-state index is -0.913. The minimum Gasteiger partial charge on any atom is -0.550 e. The van der Waals surface area contributed by atoms with E-state index in [9.17, 15) is 59.4 Å². The van der Waals surface area contributed by atoms with Crippen molar-refractivity contribution in [3.05, 3.63) is 0 Å². The zero-order valence-electron chi connectivity index (χ0n) is 48.2. The summed E-state index contributed by atoms with van der Waals surface area (Å²) in [5, 5.41) is 60.1. The molecule has 0 N–H and O–H groups in total. The first-order chi connectivity index (χ1) is 34.6. The summed E-state index contributed by atoms with van der Waals surface area (Å²) in [7, 11) is 0. The smallest absolute Gasteiger partial charge is 0.0414 e. The molecule has 0 saturated carbocycles. The zero-order valence-corrected chi connectivity index (χ0v) is 50.3. The van der Waals surface area contributed by atoms with E-state index in [4.69, 9.17) is 0 Å². The molecule has 0 atom stereocenters. The number of unbranched alkanes of at least 4 members (excludes halogenated alkanes) is 36. The molecule has 0 heterocycles. The van der Waals surface area contributed by atoms with E-state index < -0.39 is 35.8 Å². The van der Waals surface area contributed by atoms with Gasteiger partial charge in [0.15, 0.2) is 0 Å². The molecule has 13 heteroatoms. The third kappa shape index (κ3) is 119. The second-order valence-electron chi connectivity index (χ2n) is 19.5. The number of aliphatic carboxylic acids is 6. The van der Waals surface area contributed by atoms with E-state index in [1.165, 1.54) is 193 Å². The van der Waals surface area contributed by atoms with E-state index in [0.29, 0.717) is 0 Å². The molecular formula is C60H114MoO12-6. The first-order valence-corrected chi connectivity index (χ1v) is 29.8. The molecule has 0 unspecified atom stereocenters. The van der Waals surface area contributed by atoms with Crippen molar-refractivity contribution >= 4 is 35.8 Å². The van der Waals surface area contributed by atoms with Crippen molar-refractivity contribution in [2.75, 3.05) is 0 Å². The van der Waals surface area contributed by atoms with Gasteiger partial charge in [0.05, 0.1) is 0 Å². The molecule has 0 aromatic carbocycles. The van der Waals surface area contributed by atoms with Crippen molar-refractivity contribution < 1.29 is 80.5 Å². The zero-order chi connectivity index (χ0) is 55.4. The van der Waals surface area contributed by atoms with Crippen LogP contribution in [0.2, 0.25) is 0 Å². The maximum absolute atomic E-state index is 10.0. The number of hydrogen-bond donors (Lipinski definition) is 0. The van der Waals surface area contributed by atoms with Crippen LogP contribution in [0.4, 0.5) is 0 Å². The molecule has 0 aliphatic rings. The molecule has 438 valence electrons. The Labute approximate surface area is 463 Å². The van der Waals surface area contributed by atoms with E-state index in [0.717, 1.165) is 77.0 Å². The molecule has 0 aliphatic heterocycles. The van der Waals surface area contributed by atoms with E-state index >= 15 is 0 Å². The van der Waals surface area contributed by atoms with Crippen molar-refractivity contribution in [2.24, 2.45) is 0 Å². The minimum absolute atomic E-state index is 0. The van der Waals surface area contributed by atoms with Crippen LogP contribution < -0.4 is 30.6 Å². The third-order valence-electron chi connectivity index (χ3n) is 11.9. The van der Waals surface area contributed by atoms with Crippen molar-refractivity contribution in [1.82, 2.24) is 0 Å². The molecule has 0 spiro atoms. The Morgan fingerprint density at radius 3 is 0.342 bits per heavy atom. The van der Waals surface area contributed by atoms with Crippen LogP contribution in [-0.2, 0) is 49.8 Å². The maximum Gasteiger partial charge on any atom is 0.0414 e. The molecular weight excluding hydrogens is 1010 g/mol. The van der Waals surface area contributed by atoms with Crippen LogP contribution in [0.25, 0.3) is 0 Å². The summed E-state index contributed by atoms with van der Waals surface area (Å²) in [6.07, 6.45) is 50.1. The Balaban J connectivity index is -0.000000143. The first-order valence-electron chi connectivity index (χ1n) is 29.8. The number of rotatable bonds is 48. The quantitative estimate of drug-likeness (QED) is 0.0408. The Hall–Kier alpha value is -2.49. The van der Waals surface area contributed by atoms with Crippen molar-refractivity contribution in [3.63, 3.8) is 0 Å². The van der Waals surface area contributed by atoms with E-state index in [-0.39, 0.29) is 59.6 Å². The largest absolute Gasteiger partial charge is 0.550 e. The van der Waals surface area contributed by atoms with Gasteiger partial charge in [-0.1, -0.05) is 273 Å². The summed E-state index contributed by atoms with van der Waals surface area (Å²) >= 11 is 0. The number of carboxylic acids is 6. The van der Waals surface area contributed by atoms with Crippen molar-refractivity contribution in [1.29, 1.82) is 0 Å². The van der Waals surface area contributed by atoms with Gasteiger partial charge in [0, 0.05) is 56.9 Å². The summed E-state index contributed by atoms with van der Waals surface area (Å²) in [4.78, 5) is 60.1. The average molecular weight is 1120 g/mol. The molecule has 0 bridgehead atoms. The fourth-order valence-corrected chi connectivity index (χ4v) is 7.36. The van der Waals surface area contributed by atoms with Crippen molar-refractivity contribution in [3.8, 4) is 0 Å².